The number of aryl methyl sites for hydroxylation is 1. The van der Waals surface area contributed by atoms with Crippen molar-refractivity contribution in [2.75, 3.05) is 13.6 Å². The van der Waals surface area contributed by atoms with Gasteiger partial charge in [0.05, 0.1) is 0 Å². The van der Waals surface area contributed by atoms with Gasteiger partial charge in [0.25, 0.3) is 10.0 Å². The first kappa shape index (κ1) is 15.5. The summed E-state index contributed by atoms with van der Waals surface area (Å²) in [5, 5.41) is 10.1. The summed E-state index contributed by atoms with van der Waals surface area (Å²) in [5.74, 6) is 0.493. The van der Waals surface area contributed by atoms with Gasteiger partial charge in [0.1, 0.15) is 0 Å². The van der Waals surface area contributed by atoms with Crippen LogP contribution in [0.5, 0.6) is 0 Å². The first-order valence-electron chi connectivity index (χ1n) is 7.12. The zero-order valence-corrected chi connectivity index (χ0v) is 13.4. The number of H-pyrrole nitrogens is 1. The predicted octanol–water partition coefficient (Wildman–Crippen LogP) is 1.25. The van der Waals surface area contributed by atoms with E-state index in [-0.39, 0.29) is 11.1 Å². The van der Waals surface area contributed by atoms with Gasteiger partial charge in [0, 0.05) is 30.9 Å². The van der Waals surface area contributed by atoms with E-state index in [9.17, 15) is 8.42 Å². The average molecular weight is 300 g/mol. The van der Waals surface area contributed by atoms with Crippen LogP contribution in [0, 0.1) is 12.8 Å². The minimum atomic E-state index is -3.53. The molecular formula is C13H24N4O2S. The molecule has 2 N–H and O–H groups in total. The molecule has 6 nitrogen and oxygen atoms in total. The lowest BCUT2D eigenvalue weighted by molar-refractivity contribution is 0.355. The van der Waals surface area contributed by atoms with Crippen molar-refractivity contribution in [3.05, 3.63) is 11.3 Å². The van der Waals surface area contributed by atoms with Gasteiger partial charge in [0.15, 0.2) is 5.03 Å². The van der Waals surface area contributed by atoms with Gasteiger partial charge < -0.3 is 5.32 Å². The van der Waals surface area contributed by atoms with Gasteiger partial charge in [-0.05, 0) is 39.2 Å². The summed E-state index contributed by atoms with van der Waals surface area (Å²) in [7, 11) is -1.88. The Morgan fingerprint density at radius 3 is 2.70 bits per heavy atom. The fourth-order valence-corrected chi connectivity index (χ4v) is 3.91. The summed E-state index contributed by atoms with van der Waals surface area (Å²) in [6.45, 7) is 7.12. The molecular weight excluding hydrogens is 276 g/mol. The van der Waals surface area contributed by atoms with E-state index >= 15 is 0 Å². The van der Waals surface area contributed by atoms with Crippen LogP contribution in [0.1, 0.15) is 37.9 Å². The van der Waals surface area contributed by atoms with Crippen molar-refractivity contribution in [2.24, 2.45) is 5.92 Å². The highest BCUT2D eigenvalue weighted by Gasteiger charge is 2.38. The van der Waals surface area contributed by atoms with E-state index in [0.717, 1.165) is 30.6 Å². The largest absolute Gasteiger partial charge is 0.313 e. The van der Waals surface area contributed by atoms with Crippen LogP contribution in [-0.4, -0.2) is 42.6 Å². The predicted molar refractivity (Wildman–Crippen MR) is 77.8 cm³/mol. The van der Waals surface area contributed by atoms with Crippen molar-refractivity contribution in [3.8, 4) is 0 Å². The maximum atomic E-state index is 12.7. The molecule has 20 heavy (non-hydrogen) atoms. The maximum Gasteiger partial charge on any atom is 0.262 e. The third-order valence-corrected chi connectivity index (χ3v) is 6.01. The second kappa shape index (κ2) is 5.83. The highest BCUT2D eigenvalue weighted by atomic mass is 32.2. The van der Waals surface area contributed by atoms with E-state index in [4.69, 9.17) is 0 Å². The van der Waals surface area contributed by atoms with Gasteiger partial charge in [-0.25, -0.2) is 8.42 Å². The van der Waals surface area contributed by atoms with Crippen LogP contribution in [0.2, 0.25) is 0 Å². The van der Waals surface area contributed by atoms with Crippen LogP contribution in [0.3, 0.4) is 0 Å². The number of aromatic nitrogens is 2. The van der Waals surface area contributed by atoms with Gasteiger partial charge in [-0.3, -0.25) is 5.10 Å². The van der Waals surface area contributed by atoms with Crippen molar-refractivity contribution in [3.63, 3.8) is 0 Å². The highest BCUT2D eigenvalue weighted by molar-refractivity contribution is 7.89. The molecule has 0 aliphatic heterocycles. The second-order valence-electron chi connectivity index (χ2n) is 5.51. The zero-order chi connectivity index (χ0) is 14.9. The normalized spacial score (nSPS) is 17.6. The van der Waals surface area contributed by atoms with E-state index in [0.29, 0.717) is 12.5 Å². The zero-order valence-electron chi connectivity index (χ0n) is 12.6. The maximum absolute atomic E-state index is 12.7. The fraction of sp³-hybridized carbons (Fsp3) is 0.769. The number of nitrogens with zero attached hydrogens (tertiary/aromatic N) is 2. The molecule has 0 spiro atoms. The lowest BCUT2D eigenvalue weighted by Crippen LogP contribution is -2.37. The van der Waals surface area contributed by atoms with E-state index in [2.05, 4.69) is 15.5 Å². The number of sulfonamides is 1. The molecule has 2 rings (SSSR count). The topological polar surface area (TPSA) is 78.1 Å². The SMILES string of the molecule is CCNCc1c(S(=O)(=O)N(C)C(C)C2CC2)n[nH]c1C. The van der Waals surface area contributed by atoms with Crippen LogP contribution in [0.4, 0.5) is 0 Å². The molecule has 1 aromatic rings. The molecule has 0 bridgehead atoms. The summed E-state index contributed by atoms with van der Waals surface area (Å²) in [6.07, 6.45) is 2.23. The van der Waals surface area contributed by atoms with Crippen LogP contribution in [0.15, 0.2) is 5.03 Å². The fourth-order valence-electron chi connectivity index (χ4n) is 2.33. The van der Waals surface area contributed by atoms with Gasteiger partial charge in [-0.1, -0.05) is 6.92 Å². The Balaban J connectivity index is 2.28. The first-order valence-corrected chi connectivity index (χ1v) is 8.56. The van der Waals surface area contributed by atoms with Gasteiger partial charge in [-0.15, -0.1) is 0 Å². The van der Waals surface area contributed by atoms with Crippen molar-refractivity contribution >= 4 is 10.0 Å². The van der Waals surface area contributed by atoms with Crippen molar-refractivity contribution in [2.45, 2.75) is 51.2 Å². The summed E-state index contributed by atoms with van der Waals surface area (Å²) < 4.78 is 26.9. The van der Waals surface area contributed by atoms with Crippen molar-refractivity contribution < 1.29 is 8.42 Å². The first-order chi connectivity index (χ1) is 9.39. The van der Waals surface area contributed by atoms with Crippen LogP contribution >= 0.6 is 0 Å². The average Bonchev–Trinajstić information content (AvgIpc) is 3.19. The van der Waals surface area contributed by atoms with Gasteiger partial charge in [0.2, 0.25) is 0 Å². The second-order valence-corrected chi connectivity index (χ2v) is 7.42. The van der Waals surface area contributed by atoms with Crippen LogP contribution in [-0.2, 0) is 16.6 Å². The quantitative estimate of drug-likeness (QED) is 0.794. The van der Waals surface area contributed by atoms with Crippen LogP contribution in [0.25, 0.3) is 0 Å². The summed E-state index contributed by atoms with van der Waals surface area (Å²) >= 11 is 0. The molecule has 1 saturated carbocycles. The molecule has 1 atom stereocenters. The molecule has 0 aromatic carbocycles. The molecule has 1 fully saturated rings. The molecule has 114 valence electrons. The molecule has 7 heteroatoms. The Labute approximate surface area is 121 Å². The lowest BCUT2D eigenvalue weighted by Gasteiger charge is -2.23. The van der Waals surface area contributed by atoms with Crippen molar-refractivity contribution in [1.82, 2.24) is 19.8 Å². The number of nitrogens with one attached hydrogen (secondary N) is 2. The monoisotopic (exact) mass is 300 g/mol. The molecule has 0 amide bonds. The molecule has 1 unspecified atom stereocenters. The summed E-state index contributed by atoms with van der Waals surface area (Å²) in [6, 6.07) is 0.0315. The Kier molecular flexibility index (Phi) is 4.51. The van der Waals surface area contributed by atoms with Gasteiger partial charge >= 0.3 is 0 Å². The number of aromatic amines is 1. The minimum absolute atomic E-state index is 0.0315. The number of hydrogen-bond acceptors (Lipinski definition) is 4. The molecule has 1 heterocycles. The highest BCUT2D eigenvalue weighted by Crippen LogP contribution is 2.36. The summed E-state index contributed by atoms with van der Waals surface area (Å²) in [5.41, 5.74) is 1.54. The van der Waals surface area contributed by atoms with Crippen LogP contribution < -0.4 is 5.32 Å². The molecule has 0 saturated heterocycles. The van der Waals surface area contributed by atoms with Gasteiger partial charge in [-0.2, -0.15) is 9.40 Å². The van der Waals surface area contributed by atoms with E-state index in [1.807, 2.05) is 20.8 Å². The Bertz CT molecular complexity index is 563. The third-order valence-electron chi connectivity index (χ3n) is 4.09. The van der Waals surface area contributed by atoms with E-state index in [1.165, 1.54) is 4.31 Å². The summed E-state index contributed by atoms with van der Waals surface area (Å²) in [4.78, 5) is 0. The lowest BCUT2D eigenvalue weighted by atomic mass is 10.2. The third kappa shape index (κ3) is 2.89. The Hall–Kier alpha value is -0.920. The Morgan fingerprint density at radius 2 is 2.15 bits per heavy atom. The smallest absolute Gasteiger partial charge is 0.262 e. The standard InChI is InChI=1S/C13H24N4O2S/c1-5-14-8-12-9(2)15-16-13(12)20(18,19)17(4)10(3)11-6-7-11/h10-11,14H,5-8H2,1-4H3,(H,15,16). The number of hydrogen-bond donors (Lipinski definition) is 2. The molecule has 1 aliphatic rings. The number of rotatable bonds is 7. The van der Waals surface area contributed by atoms with Crippen molar-refractivity contribution in [1.29, 1.82) is 0 Å². The molecule has 1 aromatic heterocycles. The van der Waals surface area contributed by atoms with E-state index < -0.39 is 10.0 Å². The molecule has 1 aliphatic carbocycles. The molecule has 0 radical (unpaired) electrons. The van der Waals surface area contributed by atoms with E-state index in [1.54, 1.807) is 7.05 Å². The minimum Gasteiger partial charge on any atom is -0.313 e. The Morgan fingerprint density at radius 1 is 1.50 bits per heavy atom.